The molecule has 0 aromatic heterocycles. The van der Waals surface area contributed by atoms with Crippen molar-refractivity contribution in [1.82, 2.24) is 15.1 Å². The van der Waals surface area contributed by atoms with Crippen LogP contribution in [0.1, 0.15) is 59.4 Å². The lowest BCUT2D eigenvalue weighted by Gasteiger charge is -2.46. The van der Waals surface area contributed by atoms with Gasteiger partial charge in [-0.3, -0.25) is 9.59 Å². The van der Waals surface area contributed by atoms with E-state index in [9.17, 15) is 30.0 Å². The topological polar surface area (TPSA) is 152 Å². The molecule has 0 aliphatic carbocycles. The maximum absolute atomic E-state index is 13.6. The Labute approximate surface area is 262 Å². The fourth-order valence-electron chi connectivity index (χ4n) is 6.82. The van der Waals surface area contributed by atoms with Crippen molar-refractivity contribution in [3.63, 3.8) is 0 Å². The van der Waals surface area contributed by atoms with Gasteiger partial charge in [-0.25, -0.2) is 0 Å². The number of nitrogens with one attached hydrogen (secondary N) is 1. The highest BCUT2D eigenvalue weighted by Crippen LogP contribution is 2.35. The maximum Gasteiger partial charge on any atom is 0.225 e. The van der Waals surface area contributed by atoms with E-state index in [4.69, 9.17) is 9.47 Å². The molecule has 0 spiro atoms. The van der Waals surface area contributed by atoms with Gasteiger partial charge in [-0.1, -0.05) is 51.1 Å². The van der Waals surface area contributed by atoms with Crippen molar-refractivity contribution >= 4 is 11.8 Å². The zero-order valence-electron chi connectivity index (χ0n) is 27.6. The number of aliphatic hydroxyl groups excluding tert-OH is 3. The molecule has 2 saturated heterocycles. The van der Waals surface area contributed by atoms with Crippen LogP contribution in [0.25, 0.3) is 0 Å². The normalized spacial score (nSPS) is 40.3. The van der Waals surface area contributed by atoms with Crippen molar-refractivity contribution in [3.8, 4) is 0 Å². The average Bonchev–Trinajstić information content (AvgIpc) is 2.95. The van der Waals surface area contributed by atoms with Crippen LogP contribution >= 0.6 is 0 Å². The van der Waals surface area contributed by atoms with Gasteiger partial charge in [0, 0.05) is 25.6 Å². The highest BCUT2D eigenvalue weighted by atomic mass is 16.7. The van der Waals surface area contributed by atoms with Gasteiger partial charge in [-0.2, -0.15) is 0 Å². The number of hydrogen-bond donors (Lipinski definition) is 5. The van der Waals surface area contributed by atoms with Gasteiger partial charge in [0.05, 0.1) is 48.4 Å². The molecule has 2 aliphatic heterocycles. The van der Waals surface area contributed by atoms with Crippen LogP contribution in [0.5, 0.6) is 0 Å². The number of amides is 2. The molecule has 1 aromatic carbocycles. The number of rotatable bonds is 5. The second-order valence-corrected chi connectivity index (χ2v) is 13.8. The number of nitrogens with zero attached hydrogens (tertiary/aromatic N) is 2. The van der Waals surface area contributed by atoms with Gasteiger partial charge in [0.15, 0.2) is 6.29 Å². The molecule has 0 saturated carbocycles. The van der Waals surface area contributed by atoms with Gasteiger partial charge in [0.2, 0.25) is 11.8 Å². The quantitative estimate of drug-likeness (QED) is 0.326. The number of aliphatic hydroxyl groups is 4. The summed E-state index contributed by atoms with van der Waals surface area (Å²) in [6, 6.07) is 8.36. The molecule has 2 amide bonds. The fraction of sp³-hybridized carbons (Fsp3) is 0.758. The van der Waals surface area contributed by atoms with Gasteiger partial charge in [0.25, 0.3) is 0 Å². The Kier molecular flexibility index (Phi) is 12.8. The van der Waals surface area contributed by atoms with Crippen LogP contribution in [0.3, 0.4) is 0 Å². The predicted molar refractivity (Wildman–Crippen MR) is 166 cm³/mol. The summed E-state index contributed by atoms with van der Waals surface area (Å²) < 4.78 is 12.4. The highest BCUT2D eigenvalue weighted by molar-refractivity contribution is 5.80. The molecule has 2 fully saturated rings. The smallest absolute Gasteiger partial charge is 0.225 e. The van der Waals surface area contributed by atoms with Crippen molar-refractivity contribution in [2.24, 2.45) is 17.8 Å². The Morgan fingerprint density at radius 2 is 1.70 bits per heavy atom. The minimum absolute atomic E-state index is 0.195. The third-order valence-electron chi connectivity index (χ3n) is 9.36. The van der Waals surface area contributed by atoms with Crippen LogP contribution in [0.4, 0.5) is 0 Å². The van der Waals surface area contributed by atoms with E-state index in [0.717, 1.165) is 5.56 Å². The first-order valence-corrected chi connectivity index (χ1v) is 15.8. The van der Waals surface area contributed by atoms with Crippen molar-refractivity contribution in [2.75, 3.05) is 27.7 Å². The van der Waals surface area contributed by atoms with Crippen LogP contribution in [-0.2, 0) is 25.5 Å². The van der Waals surface area contributed by atoms with E-state index in [1.165, 1.54) is 4.90 Å². The van der Waals surface area contributed by atoms with E-state index in [0.29, 0.717) is 19.4 Å². The van der Waals surface area contributed by atoms with E-state index in [-0.39, 0.29) is 36.8 Å². The number of carbonyl (C=O) groups excluding carboxylic acids is 2. The summed E-state index contributed by atoms with van der Waals surface area (Å²) in [6.07, 6.45) is -4.88. The summed E-state index contributed by atoms with van der Waals surface area (Å²) in [5.74, 6) is -2.71. The van der Waals surface area contributed by atoms with E-state index in [2.05, 4.69) is 5.32 Å². The summed E-state index contributed by atoms with van der Waals surface area (Å²) in [5.41, 5.74) is -0.654. The van der Waals surface area contributed by atoms with E-state index < -0.39 is 60.1 Å². The SMILES string of the molecule is C[C@H]1CN(C)C(=O)C[C@H](O)[C@H](Cc2ccccc2)NC(=O)[C@H](C)[C@@H](O)[C@H](C)[C@@H](O[C@@H]2O[C@H](C)C[C@H](N(C)C)[C@H]2O)[C@](C)(O)C1. The Bertz CT molecular complexity index is 1070. The molecule has 11 nitrogen and oxygen atoms in total. The van der Waals surface area contributed by atoms with Gasteiger partial charge in [-0.05, 0) is 58.7 Å². The van der Waals surface area contributed by atoms with Gasteiger partial charge in [0.1, 0.15) is 6.10 Å². The molecule has 1 aromatic rings. The zero-order chi connectivity index (χ0) is 32.9. The molecule has 44 heavy (non-hydrogen) atoms. The van der Waals surface area contributed by atoms with E-state index in [1.54, 1.807) is 27.8 Å². The van der Waals surface area contributed by atoms with Crippen molar-refractivity contribution in [2.45, 2.75) is 115 Å². The molecule has 0 radical (unpaired) electrons. The maximum atomic E-state index is 13.6. The molecule has 3 rings (SSSR count). The van der Waals surface area contributed by atoms with Crippen LogP contribution in [-0.4, -0.2) is 124 Å². The lowest BCUT2D eigenvalue weighted by atomic mass is 9.77. The highest BCUT2D eigenvalue weighted by Gasteiger charge is 2.47. The molecular formula is C33H55N3O8. The van der Waals surface area contributed by atoms with Crippen molar-refractivity contribution in [3.05, 3.63) is 35.9 Å². The number of benzene rings is 1. The first-order chi connectivity index (χ1) is 20.5. The third-order valence-corrected chi connectivity index (χ3v) is 9.36. The second-order valence-electron chi connectivity index (χ2n) is 13.8. The molecule has 250 valence electrons. The molecule has 2 heterocycles. The first-order valence-electron chi connectivity index (χ1n) is 15.8. The van der Waals surface area contributed by atoms with Crippen LogP contribution in [0, 0.1) is 17.8 Å². The number of carbonyl (C=O) groups is 2. The second kappa shape index (κ2) is 15.4. The summed E-state index contributed by atoms with van der Waals surface area (Å²) >= 11 is 0. The van der Waals surface area contributed by atoms with Gasteiger partial charge in [-0.15, -0.1) is 0 Å². The summed E-state index contributed by atoms with van der Waals surface area (Å²) in [6.45, 7) is 9.03. The molecule has 11 heteroatoms. The largest absolute Gasteiger partial charge is 0.392 e. The average molecular weight is 622 g/mol. The number of ether oxygens (including phenoxy) is 2. The Morgan fingerprint density at radius 3 is 2.32 bits per heavy atom. The monoisotopic (exact) mass is 621 g/mol. The van der Waals surface area contributed by atoms with Crippen molar-refractivity contribution in [1.29, 1.82) is 0 Å². The minimum atomic E-state index is -1.53. The molecular weight excluding hydrogens is 566 g/mol. The predicted octanol–water partition coefficient (Wildman–Crippen LogP) is 1.16. The number of hydrogen-bond acceptors (Lipinski definition) is 9. The summed E-state index contributed by atoms with van der Waals surface area (Å²) in [5, 5.41) is 48.8. The Morgan fingerprint density at radius 1 is 1.07 bits per heavy atom. The van der Waals surface area contributed by atoms with E-state index >= 15 is 0 Å². The van der Waals surface area contributed by atoms with Gasteiger partial charge >= 0.3 is 0 Å². The summed E-state index contributed by atoms with van der Waals surface area (Å²) in [4.78, 5) is 30.2. The minimum Gasteiger partial charge on any atom is -0.392 e. The standard InChI is InChI=1S/C33H55N3O8/c1-19-17-33(5,42)30(44-32-29(40)25(35(6)7)14-20(2)43-32)21(3)28(39)22(4)31(41)34-24(15-23-12-10-9-11-13-23)26(37)16-27(38)36(8)18-19/h9-13,19-22,24-26,28-30,32,37,39-40,42H,14-18H2,1-8H3,(H,34,41)/t19-,20-,21+,22-,24+,25+,26+,28+,29-,30-,32+,33-/m1/s1. The molecule has 2 aliphatic rings. The Hall–Kier alpha value is -2.12. The molecule has 5 N–H and O–H groups in total. The molecule has 0 unspecified atom stereocenters. The molecule has 12 atom stereocenters. The third kappa shape index (κ3) is 9.22. The lowest BCUT2D eigenvalue weighted by molar-refractivity contribution is -0.299. The van der Waals surface area contributed by atoms with Crippen LogP contribution < -0.4 is 5.32 Å². The fourth-order valence-corrected chi connectivity index (χ4v) is 6.82. The zero-order valence-corrected chi connectivity index (χ0v) is 27.6. The molecule has 0 bridgehead atoms. The summed E-state index contributed by atoms with van der Waals surface area (Å²) in [7, 11) is 5.40. The first kappa shape index (κ1) is 36.3. The van der Waals surface area contributed by atoms with Crippen LogP contribution in [0.15, 0.2) is 30.3 Å². The van der Waals surface area contributed by atoms with Crippen LogP contribution in [0.2, 0.25) is 0 Å². The lowest BCUT2D eigenvalue weighted by Crippen LogP contribution is -2.59. The van der Waals surface area contributed by atoms with Crippen molar-refractivity contribution < 1.29 is 39.5 Å². The van der Waals surface area contributed by atoms with Gasteiger partial charge < -0.3 is 45.0 Å². The van der Waals surface area contributed by atoms with E-state index in [1.807, 2.05) is 63.2 Å². The number of likely N-dealkylation sites (N-methyl/N-ethyl adjacent to an activating group) is 1. The Balaban J connectivity index is 1.97.